The number of ether oxygens (including phenoxy) is 4. The van der Waals surface area contributed by atoms with Crippen LogP contribution in [-0.2, 0) is 32.4 Å². The highest BCUT2D eigenvalue weighted by Crippen LogP contribution is 2.38. The molecule has 6 rings (SSSR count). The summed E-state index contributed by atoms with van der Waals surface area (Å²) in [6, 6.07) is 26.1. The lowest BCUT2D eigenvalue weighted by Crippen LogP contribution is -2.51. The highest BCUT2D eigenvalue weighted by Gasteiger charge is 2.31. The van der Waals surface area contributed by atoms with Crippen LogP contribution in [0.1, 0.15) is 22.3 Å². The third-order valence-electron chi connectivity index (χ3n) is 9.39. The Morgan fingerprint density at radius 3 is 1.32 bits per heavy atom. The van der Waals surface area contributed by atoms with E-state index in [1.807, 2.05) is 31.2 Å². The number of benzene rings is 4. The van der Waals surface area contributed by atoms with Crippen LogP contribution in [0.4, 0.5) is 0 Å². The van der Waals surface area contributed by atoms with Crippen molar-refractivity contribution in [3.05, 3.63) is 107 Å². The Hall–Kier alpha value is -3.73. The van der Waals surface area contributed by atoms with Gasteiger partial charge in [0.2, 0.25) is 9.84 Å². The summed E-state index contributed by atoms with van der Waals surface area (Å²) in [7, 11) is 0.871. The molecule has 4 aromatic carbocycles. The Balaban J connectivity index is 1.37. The average molecular weight is 659 g/mol. The van der Waals surface area contributed by atoms with Crippen LogP contribution in [0, 0.1) is 13.8 Å². The molecule has 47 heavy (non-hydrogen) atoms. The molecule has 2 heterocycles. The lowest BCUT2D eigenvalue weighted by molar-refractivity contribution is -0.929. The molecule has 2 aliphatic rings. The monoisotopic (exact) mass is 658 g/mol. The molecule has 0 N–H and O–H groups in total. The maximum absolute atomic E-state index is 13.3. The first-order valence-corrected chi connectivity index (χ1v) is 17.8. The minimum atomic E-state index is -3.65. The summed E-state index contributed by atoms with van der Waals surface area (Å²) >= 11 is 0. The minimum absolute atomic E-state index is 0.229. The standard InChI is InChI=1S/C38H46N2O6S/c1-29-5-9-33(10-6-29)45-37-25-32(28-40(4)19-23-44-24-20-40)38(26-31(37)27-39(3)17-21-43-22-18-39)46-34-11-15-36(16-12-34)47(41,42)35-13-7-30(2)8-14-35/h5-16,25-26H,17-24,27-28H2,1-4H3/q+2. The van der Waals surface area contributed by atoms with Gasteiger partial charge in [-0.15, -0.1) is 0 Å². The number of aryl methyl sites for hydroxylation is 2. The zero-order valence-electron chi connectivity index (χ0n) is 27.9. The number of nitrogens with zero attached hydrogens (tertiary/aromatic N) is 2. The van der Waals surface area contributed by atoms with Crippen molar-refractivity contribution in [2.75, 3.05) is 66.7 Å². The number of hydrogen-bond acceptors (Lipinski definition) is 6. The van der Waals surface area contributed by atoms with Crippen molar-refractivity contribution < 1.29 is 36.3 Å². The molecule has 0 atom stereocenters. The molecule has 248 valence electrons. The largest absolute Gasteiger partial charge is 0.457 e. The van der Waals surface area contributed by atoms with E-state index in [2.05, 4.69) is 45.3 Å². The summed E-state index contributed by atoms with van der Waals surface area (Å²) in [6.45, 7) is 12.0. The molecule has 2 fully saturated rings. The molecule has 0 amide bonds. The molecule has 0 spiro atoms. The fraction of sp³-hybridized carbons (Fsp3) is 0.368. The molecule has 0 radical (unpaired) electrons. The van der Waals surface area contributed by atoms with Gasteiger partial charge in [-0.05, 0) is 74.5 Å². The molecule has 0 aromatic heterocycles. The predicted octanol–water partition coefficient (Wildman–Crippen LogP) is 6.67. The highest BCUT2D eigenvalue weighted by molar-refractivity contribution is 7.91. The highest BCUT2D eigenvalue weighted by atomic mass is 32.2. The number of likely N-dealkylation sites (N-methyl/N-ethyl adjacent to an activating group) is 2. The van der Waals surface area contributed by atoms with Crippen molar-refractivity contribution in [2.24, 2.45) is 0 Å². The lowest BCUT2D eigenvalue weighted by atomic mass is 10.0. The molecule has 8 nitrogen and oxygen atoms in total. The van der Waals surface area contributed by atoms with Crippen LogP contribution in [0.3, 0.4) is 0 Å². The molecular weight excluding hydrogens is 612 g/mol. The van der Waals surface area contributed by atoms with E-state index in [1.54, 1.807) is 36.4 Å². The van der Waals surface area contributed by atoms with Crippen LogP contribution in [-0.4, -0.2) is 84.1 Å². The molecular formula is C38H46N2O6S+2. The van der Waals surface area contributed by atoms with Crippen molar-refractivity contribution in [2.45, 2.75) is 36.7 Å². The molecule has 0 aliphatic carbocycles. The fourth-order valence-electron chi connectivity index (χ4n) is 6.19. The van der Waals surface area contributed by atoms with Gasteiger partial charge in [0.15, 0.2) is 0 Å². The Kier molecular flexibility index (Phi) is 9.73. The van der Waals surface area contributed by atoms with Crippen LogP contribution < -0.4 is 9.47 Å². The van der Waals surface area contributed by atoms with Gasteiger partial charge in [0.1, 0.15) is 62.3 Å². The zero-order valence-corrected chi connectivity index (χ0v) is 28.7. The van der Waals surface area contributed by atoms with E-state index in [4.69, 9.17) is 18.9 Å². The van der Waals surface area contributed by atoms with E-state index >= 15 is 0 Å². The quantitative estimate of drug-likeness (QED) is 0.177. The normalized spacial score (nSPS) is 17.6. The third-order valence-corrected chi connectivity index (χ3v) is 11.2. The summed E-state index contributed by atoms with van der Waals surface area (Å²) in [5, 5.41) is 0. The number of sulfone groups is 1. The summed E-state index contributed by atoms with van der Waals surface area (Å²) in [4.78, 5) is 0.502. The van der Waals surface area contributed by atoms with E-state index in [0.717, 1.165) is 95.4 Å². The van der Waals surface area contributed by atoms with Crippen molar-refractivity contribution in [3.8, 4) is 23.0 Å². The van der Waals surface area contributed by atoms with Gasteiger partial charge in [-0.2, -0.15) is 0 Å². The molecule has 9 heteroatoms. The second-order valence-corrected chi connectivity index (χ2v) is 15.5. The van der Waals surface area contributed by atoms with Crippen LogP contribution in [0.5, 0.6) is 23.0 Å². The Morgan fingerprint density at radius 1 is 0.574 bits per heavy atom. The second-order valence-electron chi connectivity index (χ2n) is 13.5. The molecule has 0 unspecified atom stereocenters. The summed E-state index contributed by atoms with van der Waals surface area (Å²) in [5.74, 6) is 2.93. The molecule has 4 aromatic rings. The third kappa shape index (κ3) is 8.05. The van der Waals surface area contributed by atoms with Crippen molar-refractivity contribution >= 4 is 9.84 Å². The van der Waals surface area contributed by atoms with E-state index in [-0.39, 0.29) is 9.79 Å². The first-order valence-electron chi connectivity index (χ1n) is 16.3. The average Bonchev–Trinajstić information content (AvgIpc) is 3.05. The smallest absolute Gasteiger partial charge is 0.206 e. The Bertz CT molecular complexity index is 1780. The van der Waals surface area contributed by atoms with Gasteiger partial charge in [-0.25, -0.2) is 8.42 Å². The van der Waals surface area contributed by atoms with Crippen LogP contribution >= 0.6 is 0 Å². The van der Waals surface area contributed by atoms with Crippen molar-refractivity contribution in [3.63, 3.8) is 0 Å². The minimum Gasteiger partial charge on any atom is -0.457 e. The molecule has 0 saturated carbocycles. The first kappa shape index (κ1) is 33.2. The fourth-order valence-corrected chi connectivity index (χ4v) is 7.45. The van der Waals surface area contributed by atoms with E-state index < -0.39 is 9.84 Å². The van der Waals surface area contributed by atoms with Crippen molar-refractivity contribution in [1.29, 1.82) is 0 Å². The van der Waals surface area contributed by atoms with E-state index in [9.17, 15) is 8.42 Å². The lowest BCUT2D eigenvalue weighted by Gasteiger charge is -2.39. The maximum atomic E-state index is 13.3. The topological polar surface area (TPSA) is 71.1 Å². The molecule has 2 aliphatic heterocycles. The summed E-state index contributed by atoms with van der Waals surface area (Å²) in [5.41, 5.74) is 4.27. The first-order chi connectivity index (χ1) is 22.5. The van der Waals surface area contributed by atoms with Gasteiger partial charge in [-0.3, -0.25) is 0 Å². The summed E-state index contributed by atoms with van der Waals surface area (Å²) < 4.78 is 53.0. The number of morpholine rings is 2. The molecule has 2 saturated heterocycles. The van der Waals surface area contributed by atoms with Gasteiger partial charge in [-0.1, -0.05) is 35.4 Å². The van der Waals surface area contributed by atoms with Gasteiger partial charge in [0.05, 0.1) is 61.4 Å². The van der Waals surface area contributed by atoms with Crippen LogP contribution in [0.2, 0.25) is 0 Å². The SMILES string of the molecule is Cc1ccc(Oc2cc(C[N+]3(C)CCOCC3)c(Oc3ccc(S(=O)(=O)c4ccc(C)cc4)cc3)cc2C[N+]2(C)CCOCC2)cc1. The Labute approximate surface area is 279 Å². The van der Waals surface area contributed by atoms with Crippen molar-refractivity contribution in [1.82, 2.24) is 0 Å². The predicted molar refractivity (Wildman–Crippen MR) is 182 cm³/mol. The van der Waals surface area contributed by atoms with E-state index in [1.165, 1.54) is 5.56 Å². The second kappa shape index (κ2) is 13.8. The van der Waals surface area contributed by atoms with Gasteiger partial charge >= 0.3 is 0 Å². The maximum Gasteiger partial charge on any atom is 0.206 e. The van der Waals surface area contributed by atoms with E-state index in [0.29, 0.717) is 19.0 Å². The number of hydrogen-bond donors (Lipinski definition) is 0. The van der Waals surface area contributed by atoms with Gasteiger partial charge in [0, 0.05) is 0 Å². The zero-order chi connectivity index (χ0) is 33.1. The number of rotatable bonds is 10. The van der Waals surface area contributed by atoms with Crippen LogP contribution in [0.15, 0.2) is 94.7 Å². The Morgan fingerprint density at radius 2 is 0.915 bits per heavy atom. The van der Waals surface area contributed by atoms with Gasteiger partial charge in [0.25, 0.3) is 0 Å². The van der Waals surface area contributed by atoms with Gasteiger partial charge < -0.3 is 27.9 Å². The molecule has 0 bridgehead atoms. The van der Waals surface area contributed by atoms with Crippen LogP contribution in [0.25, 0.3) is 0 Å². The summed E-state index contributed by atoms with van der Waals surface area (Å²) in [6.07, 6.45) is 0. The number of quaternary nitrogens is 2.